The smallest absolute Gasteiger partial charge is 0.317 e. The number of H-pyrrole nitrogens is 2. The highest BCUT2D eigenvalue weighted by molar-refractivity contribution is 5.87. The van der Waals surface area contributed by atoms with E-state index in [2.05, 4.69) is 37.6 Å². The number of aliphatic hydroxyl groups excluding tert-OH is 1. The molecular weight excluding hydrogens is 506 g/mol. The first-order chi connectivity index (χ1) is 19.3. The first kappa shape index (κ1) is 27.3. The van der Waals surface area contributed by atoms with Crippen molar-refractivity contribution in [3.8, 4) is 11.4 Å². The number of aromatic amines is 2. The molecule has 0 bridgehead atoms. The van der Waals surface area contributed by atoms with Crippen LogP contribution in [0.1, 0.15) is 25.0 Å². The van der Waals surface area contributed by atoms with E-state index in [0.717, 1.165) is 40.9 Å². The Bertz CT molecular complexity index is 1520. The molecule has 1 unspecified atom stereocenters. The highest BCUT2D eigenvalue weighted by atomic mass is 16.3. The number of nitrogens with one attached hydrogen (secondary N) is 4. The van der Waals surface area contributed by atoms with Crippen LogP contribution in [0.15, 0.2) is 59.5 Å². The normalized spacial score (nSPS) is 14.5. The van der Waals surface area contributed by atoms with Crippen LogP contribution in [0.4, 0.5) is 16.2 Å². The summed E-state index contributed by atoms with van der Waals surface area (Å²) in [6.07, 6.45) is 2.21. The minimum absolute atomic E-state index is 0.0239. The van der Waals surface area contributed by atoms with Gasteiger partial charge in [0.1, 0.15) is 11.4 Å². The topological polar surface area (TPSA) is 129 Å². The van der Waals surface area contributed by atoms with Crippen LogP contribution in [0.2, 0.25) is 0 Å². The van der Waals surface area contributed by atoms with Gasteiger partial charge in [0.25, 0.3) is 5.56 Å². The van der Waals surface area contributed by atoms with Crippen molar-refractivity contribution in [3.05, 3.63) is 76.2 Å². The number of piperazine rings is 1. The molecule has 2 aromatic heterocycles. The lowest BCUT2D eigenvalue weighted by Crippen LogP contribution is -2.52. The molecule has 10 heteroatoms. The van der Waals surface area contributed by atoms with Gasteiger partial charge in [-0.05, 0) is 56.5 Å². The van der Waals surface area contributed by atoms with Gasteiger partial charge in [-0.1, -0.05) is 30.3 Å². The van der Waals surface area contributed by atoms with Crippen LogP contribution in [0, 0.1) is 6.92 Å². The summed E-state index contributed by atoms with van der Waals surface area (Å²) in [5.41, 5.74) is 5.50. The van der Waals surface area contributed by atoms with Crippen molar-refractivity contribution < 1.29 is 9.90 Å². The fourth-order valence-electron chi connectivity index (χ4n) is 5.19. The number of hydrogen-bond acceptors (Lipinski definition) is 6. The molecule has 3 heterocycles. The van der Waals surface area contributed by atoms with Crippen molar-refractivity contribution in [3.63, 3.8) is 0 Å². The molecule has 0 saturated carbocycles. The number of urea groups is 1. The summed E-state index contributed by atoms with van der Waals surface area (Å²) in [4.78, 5) is 40.5. The first-order valence-corrected chi connectivity index (χ1v) is 13.8. The molecule has 1 fully saturated rings. The predicted octanol–water partition coefficient (Wildman–Crippen LogP) is 3.48. The molecule has 1 aliphatic rings. The molecular formula is C30H37N7O3. The number of nitrogens with zero attached hydrogens (tertiary/aromatic N) is 3. The van der Waals surface area contributed by atoms with Gasteiger partial charge < -0.3 is 35.5 Å². The summed E-state index contributed by atoms with van der Waals surface area (Å²) in [6, 6.07) is 15.7. The van der Waals surface area contributed by atoms with Crippen molar-refractivity contribution in [1.82, 2.24) is 25.2 Å². The number of imidazole rings is 1. The summed E-state index contributed by atoms with van der Waals surface area (Å²) >= 11 is 0. The van der Waals surface area contributed by atoms with Crippen LogP contribution in [0.5, 0.6) is 0 Å². The zero-order valence-electron chi connectivity index (χ0n) is 23.2. The largest absolute Gasteiger partial charge is 0.394 e. The number of anilines is 2. The lowest BCUT2D eigenvalue weighted by Gasteiger charge is -2.36. The van der Waals surface area contributed by atoms with Gasteiger partial charge in [-0.3, -0.25) is 4.79 Å². The molecule has 4 aromatic rings. The second-order valence-electron chi connectivity index (χ2n) is 10.6. The number of aryl methyl sites for hydroxylation is 1. The summed E-state index contributed by atoms with van der Waals surface area (Å²) in [5, 5.41) is 16.4. The Balaban J connectivity index is 1.39. The van der Waals surface area contributed by atoms with Crippen LogP contribution in [0.25, 0.3) is 22.4 Å². The monoisotopic (exact) mass is 543 g/mol. The van der Waals surface area contributed by atoms with E-state index in [1.54, 1.807) is 12.3 Å². The average molecular weight is 544 g/mol. The highest BCUT2D eigenvalue weighted by Gasteiger charge is 2.23. The molecule has 0 spiro atoms. The molecule has 5 rings (SSSR count). The third-order valence-electron chi connectivity index (χ3n) is 7.21. The van der Waals surface area contributed by atoms with Gasteiger partial charge in [-0.25, -0.2) is 9.78 Å². The fourth-order valence-corrected chi connectivity index (χ4v) is 5.19. The number of rotatable bonds is 8. The number of amides is 2. The Labute approximate surface area is 233 Å². The van der Waals surface area contributed by atoms with Crippen molar-refractivity contribution in [2.75, 3.05) is 43.0 Å². The number of hydrogen-bond donors (Lipinski definition) is 5. The number of benzene rings is 2. The Hall–Kier alpha value is -4.31. The minimum atomic E-state index is -0.276. The molecule has 1 aliphatic heterocycles. The van der Waals surface area contributed by atoms with E-state index in [1.165, 1.54) is 0 Å². The van der Waals surface area contributed by atoms with Gasteiger partial charge >= 0.3 is 6.03 Å². The quantitative estimate of drug-likeness (QED) is 0.231. The van der Waals surface area contributed by atoms with E-state index in [4.69, 9.17) is 4.98 Å². The van der Waals surface area contributed by atoms with E-state index >= 15 is 0 Å². The summed E-state index contributed by atoms with van der Waals surface area (Å²) in [7, 11) is 0. The van der Waals surface area contributed by atoms with Crippen molar-refractivity contribution in [1.29, 1.82) is 0 Å². The van der Waals surface area contributed by atoms with E-state index in [1.807, 2.05) is 56.0 Å². The Morgan fingerprint density at radius 1 is 1.10 bits per heavy atom. The van der Waals surface area contributed by atoms with Crippen LogP contribution in [-0.2, 0) is 6.42 Å². The minimum Gasteiger partial charge on any atom is -0.394 e. The second-order valence-corrected chi connectivity index (χ2v) is 10.6. The Morgan fingerprint density at radius 3 is 2.55 bits per heavy atom. The maximum Gasteiger partial charge on any atom is 0.317 e. The molecule has 5 N–H and O–H groups in total. The third-order valence-corrected chi connectivity index (χ3v) is 7.21. The van der Waals surface area contributed by atoms with Crippen LogP contribution < -0.4 is 21.1 Å². The van der Waals surface area contributed by atoms with Gasteiger partial charge in [0.15, 0.2) is 0 Å². The number of fused-ring (bicyclic) bond motifs is 1. The predicted molar refractivity (Wildman–Crippen MR) is 159 cm³/mol. The zero-order chi connectivity index (χ0) is 28.2. The molecule has 40 heavy (non-hydrogen) atoms. The summed E-state index contributed by atoms with van der Waals surface area (Å²) in [6.45, 7) is 8.60. The molecule has 210 valence electrons. The zero-order valence-corrected chi connectivity index (χ0v) is 23.2. The number of carbonyl (C=O) groups excluding carboxylic acids is 1. The van der Waals surface area contributed by atoms with E-state index < -0.39 is 0 Å². The van der Waals surface area contributed by atoms with Gasteiger partial charge in [0.05, 0.1) is 29.4 Å². The highest BCUT2D eigenvalue weighted by Crippen LogP contribution is 2.30. The van der Waals surface area contributed by atoms with Crippen molar-refractivity contribution in [2.45, 2.75) is 39.3 Å². The van der Waals surface area contributed by atoms with E-state index in [0.29, 0.717) is 36.6 Å². The third kappa shape index (κ3) is 5.96. The maximum atomic E-state index is 13.0. The fraction of sp³-hybridized carbons (Fsp3) is 0.367. The molecule has 0 radical (unpaired) electrons. The lowest BCUT2D eigenvalue weighted by molar-refractivity contribution is 0.192. The van der Waals surface area contributed by atoms with E-state index in [-0.39, 0.29) is 30.3 Å². The lowest BCUT2D eigenvalue weighted by atomic mass is 10.1. The molecule has 2 aromatic carbocycles. The molecule has 2 amide bonds. The van der Waals surface area contributed by atoms with Crippen molar-refractivity contribution >= 4 is 28.4 Å². The number of aromatic nitrogens is 3. The Kier molecular flexibility index (Phi) is 8.06. The van der Waals surface area contributed by atoms with Crippen molar-refractivity contribution in [2.24, 2.45) is 0 Å². The van der Waals surface area contributed by atoms with Crippen LogP contribution in [0.3, 0.4) is 0 Å². The van der Waals surface area contributed by atoms with Gasteiger partial charge in [-0.15, -0.1) is 0 Å². The number of aliphatic hydroxyl groups is 1. The number of pyridine rings is 1. The van der Waals surface area contributed by atoms with E-state index in [9.17, 15) is 14.7 Å². The maximum absolute atomic E-state index is 13.0. The summed E-state index contributed by atoms with van der Waals surface area (Å²) < 4.78 is 0. The van der Waals surface area contributed by atoms with Crippen LogP contribution in [-0.4, -0.2) is 75.9 Å². The Morgan fingerprint density at radius 2 is 1.85 bits per heavy atom. The number of carbonyl (C=O) groups is 1. The average Bonchev–Trinajstić information content (AvgIpc) is 3.37. The van der Waals surface area contributed by atoms with Gasteiger partial charge in [0.2, 0.25) is 0 Å². The first-order valence-electron chi connectivity index (χ1n) is 13.8. The molecule has 10 nitrogen and oxygen atoms in total. The summed E-state index contributed by atoms with van der Waals surface area (Å²) in [5.74, 6) is 0.464. The van der Waals surface area contributed by atoms with Crippen LogP contribution >= 0.6 is 0 Å². The van der Waals surface area contributed by atoms with Gasteiger partial charge in [-0.2, -0.15) is 0 Å². The molecule has 1 atom stereocenters. The standard InChI is InChI=1S/C30H37N7O3/c1-19(2)32-30(40)37-13-11-36(12-14-37)23-15-20(3)27-25(17-23)34-28(35-27)26-24(9-10-31-29(26)39)33-22(18-38)16-21-7-5-4-6-8-21/h4-10,15,17,19,22,38H,11-14,16,18H2,1-3H3,(H,32,40)(H,34,35)(H2,31,33,39). The van der Waals surface area contributed by atoms with Gasteiger partial charge in [0, 0.05) is 44.1 Å². The second kappa shape index (κ2) is 11.8. The SMILES string of the molecule is Cc1cc(N2CCN(C(=O)NC(C)C)CC2)cc2[nH]c(-c3c(NC(CO)Cc4ccccc4)cc[nH]c3=O)nc12. The molecule has 1 saturated heterocycles. The molecule has 0 aliphatic carbocycles.